The summed E-state index contributed by atoms with van der Waals surface area (Å²) in [5.41, 5.74) is 2.10. The van der Waals surface area contributed by atoms with Crippen molar-refractivity contribution in [2.45, 2.75) is 33.7 Å². The van der Waals surface area contributed by atoms with Crippen LogP contribution in [0.3, 0.4) is 0 Å². The lowest BCUT2D eigenvalue weighted by Gasteiger charge is -2.15. The molecule has 2 N–H and O–H groups in total. The standard InChI is InChI=1S/C17H18F2N2O2/c1-8-15(11(4)22)10(3)20-16(8)17(23)21-9(2)13-6-5-12(18)7-14(13)19/h5-7,9,20H,1-4H3,(H,21,23)/t9-/m1/s1. The van der Waals surface area contributed by atoms with Gasteiger partial charge in [0.15, 0.2) is 5.78 Å². The van der Waals surface area contributed by atoms with Gasteiger partial charge in [-0.15, -0.1) is 0 Å². The third-order valence-electron chi connectivity index (χ3n) is 3.79. The minimum atomic E-state index is -0.721. The minimum Gasteiger partial charge on any atom is -0.354 e. The number of amides is 1. The summed E-state index contributed by atoms with van der Waals surface area (Å²) >= 11 is 0. The Kier molecular flexibility index (Phi) is 4.63. The average molecular weight is 320 g/mol. The van der Waals surface area contributed by atoms with E-state index in [1.54, 1.807) is 20.8 Å². The molecular weight excluding hydrogens is 302 g/mol. The zero-order chi connectivity index (χ0) is 17.3. The number of aromatic nitrogens is 1. The molecule has 6 heteroatoms. The van der Waals surface area contributed by atoms with Crippen molar-refractivity contribution >= 4 is 11.7 Å². The van der Waals surface area contributed by atoms with E-state index in [1.807, 2.05) is 0 Å². The molecule has 0 aliphatic rings. The molecule has 2 aromatic rings. The fourth-order valence-corrected chi connectivity index (χ4v) is 2.70. The van der Waals surface area contributed by atoms with Gasteiger partial charge in [-0.05, 0) is 39.3 Å². The Labute approximate surface area is 132 Å². The second-order valence-electron chi connectivity index (χ2n) is 5.54. The van der Waals surface area contributed by atoms with Crippen LogP contribution in [-0.2, 0) is 0 Å². The van der Waals surface area contributed by atoms with Crippen molar-refractivity contribution in [1.29, 1.82) is 0 Å². The number of nitrogens with one attached hydrogen (secondary N) is 2. The Hall–Kier alpha value is -2.50. The van der Waals surface area contributed by atoms with Crippen LogP contribution in [0.4, 0.5) is 8.78 Å². The van der Waals surface area contributed by atoms with Crippen molar-refractivity contribution in [3.63, 3.8) is 0 Å². The fourth-order valence-electron chi connectivity index (χ4n) is 2.70. The quantitative estimate of drug-likeness (QED) is 0.846. The van der Waals surface area contributed by atoms with Crippen LogP contribution in [0, 0.1) is 25.5 Å². The average Bonchev–Trinajstić information content (AvgIpc) is 2.73. The van der Waals surface area contributed by atoms with Gasteiger partial charge in [-0.3, -0.25) is 9.59 Å². The van der Waals surface area contributed by atoms with Crippen LogP contribution in [0.2, 0.25) is 0 Å². The van der Waals surface area contributed by atoms with Crippen molar-refractivity contribution < 1.29 is 18.4 Å². The van der Waals surface area contributed by atoms with E-state index < -0.39 is 23.6 Å². The smallest absolute Gasteiger partial charge is 0.268 e. The predicted molar refractivity (Wildman–Crippen MR) is 82.5 cm³/mol. The van der Waals surface area contributed by atoms with E-state index in [2.05, 4.69) is 10.3 Å². The second kappa shape index (κ2) is 6.32. The molecule has 1 heterocycles. The number of carbonyl (C=O) groups is 2. The lowest BCUT2D eigenvalue weighted by molar-refractivity contribution is 0.0934. The molecule has 0 saturated heterocycles. The molecule has 1 aromatic carbocycles. The molecule has 0 fully saturated rings. The maximum atomic E-state index is 13.8. The van der Waals surface area contributed by atoms with E-state index in [4.69, 9.17) is 0 Å². The first-order valence-electron chi connectivity index (χ1n) is 7.18. The second-order valence-corrected chi connectivity index (χ2v) is 5.54. The Balaban J connectivity index is 2.25. The molecule has 0 bridgehead atoms. The molecule has 122 valence electrons. The van der Waals surface area contributed by atoms with Crippen molar-refractivity contribution in [1.82, 2.24) is 10.3 Å². The molecule has 0 aliphatic heterocycles. The number of carbonyl (C=O) groups excluding carboxylic acids is 2. The number of hydrogen-bond acceptors (Lipinski definition) is 2. The molecule has 2 rings (SSSR count). The van der Waals surface area contributed by atoms with Gasteiger partial charge in [-0.1, -0.05) is 6.07 Å². The fraction of sp³-hybridized carbons (Fsp3) is 0.294. The summed E-state index contributed by atoms with van der Waals surface area (Å²) in [5.74, 6) is -1.98. The largest absolute Gasteiger partial charge is 0.354 e. The first-order chi connectivity index (χ1) is 10.7. The van der Waals surface area contributed by atoms with Crippen LogP contribution in [0.25, 0.3) is 0 Å². The van der Waals surface area contributed by atoms with Gasteiger partial charge in [0.25, 0.3) is 5.91 Å². The van der Waals surface area contributed by atoms with E-state index in [1.165, 1.54) is 13.0 Å². The first-order valence-corrected chi connectivity index (χ1v) is 7.18. The number of Topliss-reactive ketones (excluding diaryl/α,β-unsaturated/α-hetero) is 1. The van der Waals surface area contributed by atoms with Gasteiger partial charge < -0.3 is 10.3 Å². The lowest BCUT2D eigenvalue weighted by atomic mass is 10.1. The first kappa shape index (κ1) is 16.9. The highest BCUT2D eigenvalue weighted by Crippen LogP contribution is 2.21. The van der Waals surface area contributed by atoms with Crippen molar-refractivity contribution in [3.8, 4) is 0 Å². The van der Waals surface area contributed by atoms with Crippen molar-refractivity contribution in [2.75, 3.05) is 0 Å². The highest BCUT2D eigenvalue weighted by atomic mass is 19.1. The molecule has 1 amide bonds. The number of rotatable bonds is 4. The number of ketones is 1. The maximum absolute atomic E-state index is 13.8. The summed E-state index contributed by atoms with van der Waals surface area (Å²) in [7, 11) is 0. The van der Waals surface area contributed by atoms with E-state index in [0.717, 1.165) is 12.1 Å². The van der Waals surface area contributed by atoms with Gasteiger partial charge >= 0.3 is 0 Å². The van der Waals surface area contributed by atoms with Crippen LogP contribution in [0.5, 0.6) is 0 Å². The van der Waals surface area contributed by atoms with Gasteiger partial charge in [0.1, 0.15) is 17.3 Å². The summed E-state index contributed by atoms with van der Waals surface area (Å²) in [5, 5.41) is 2.65. The van der Waals surface area contributed by atoms with Gasteiger partial charge in [0.05, 0.1) is 6.04 Å². The molecule has 0 spiro atoms. The van der Waals surface area contributed by atoms with E-state index in [9.17, 15) is 18.4 Å². The van der Waals surface area contributed by atoms with Crippen LogP contribution >= 0.6 is 0 Å². The number of aromatic amines is 1. The number of aryl methyl sites for hydroxylation is 1. The molecule has 4 nitrogen and oxygen atoms in total. The van der Waals surface area contributed by atoms with Crippen LogP contribution in [0.15, 0.2) is 18.2 Å². The van der Waals surface area contributed by atoms with Gasteiger partial charge in [0, 0.05) is 22.9 Å². The third kappa shape index (κ3) is 3.31. The number of H-pyrrole nitrogens is 1. The van der Waals surface area contributed by atoms with E-state index in [-0.39, 0.29) is 17.0 Å². The number of halogens is 2. The summed E-state index contributed by atoms with van der Waals surface area (Å²) in [6, 6.07) is 2.56. The molecule has 0 radical (unpaired) electrons. The summed E-state index contributed by atoms with van der Waals surface area (Å²) in [6.45, 7) is 6.43. The zero-order valence-electron chi connectivity index (χ0n) is 13.4. The topological polar surface area (TPSA) is 62.0 Å². The van der Waals surface area contributed by atoms with Crippen LogP contribution in [-0.4, -0.2) is 16.7 Å². The van der Waals surface area contributed by atoms with Crippen molar-refractivity contribution in [2.24, 2.45) is 0 Å². The maximum Gasteiger partial charge on any atom is 0.268 e. The highest BCUT2D eigenvalue weighted by Gasteiger charge is 2.22. The molecule has 1 aromatic heterocycles. The zero-order valence-corrected chi connectivity index (χ0v) is 13.4. The van der Waals surface area contributed by atoms with Gasteiger partial charge in [-0.2, -0.15) is 0 Å². The molecule has 0 unspecified atom stereocenters. The summed E-state index contributed by atoms with van der Waals surface area (Å²) < 4.78 is 26.7. The molecular formula is C17H18F2N2O2. The monoisotopic (exact) mass is 320 g/mol. The van der Waals surface area contributed by atoms with Gasteiger partial charge in [-0.25, -0.2) is 8.78 Å². The van der Waals surface area contributed by atoms with Gasteiger partial charge in [0.2, 0.25) is 0 Å². The Morgan fingerprint density at radius 3 is 2.39 bits per heavy atom. The van der Waals surface area contributed by atoms with Crippen LogP contribution < -0.4 is 5.32 Å². The van der Waals surface area contributed by atoms with Crippen molar-refractivity contribution in [3.05, 3.63) is 57.9 Å². The Morgan fingerprint density at radius 1 is 1.22 bits per heavy atom. The molecule has 0 saturated carbocycles. The van der Waals surface area contributed by atoms with E-state index >= 15 is 0 Å². The minimum absolute atomic E-state index is 0.132. The third-order valence-corrected chi connectivity index (χ3v) is 3.79. The summed E-state index contributed by atoms with van der Waals surface area (Å²) in [4.78, 5) is 26.9. The van der Waals surface area contributed by atoms with Crippen LogP contribution in [0.1, 0.15) is 57.6 Å². The SMILES string of the molecule is CC(=O)c1c(C)[nH]c(C(=O)N[C@H](C)c2ccc(F)cc2F)c1C. The molecule has 0 aliphatic carbocycles. The lowest BCUT2D eigenvalue weighted by Crippen LogP contribution is -2.28. The molecule has 23 heavy (non-hydrogen) atoms. The summed E-state index contributed by atoms with van der Waals surface area (Å²) in [6.07, 6.45) is 0. The Morgan fingerprint density at radius 2 is 1.87 bits per heavy atom. The number of hydrogen-bond donors (Lipinski definition) is 2. The highest BCUT2D eigenvalue weighted by molar-refractivity contribution is 6.02. The Bertz CT molecular complexity index is 781. The number of benzene rings is 1. The molecule has 1 atom stereocenters. The normalized spacial score (nSPS) is 12.1. The van der Waals surface area contributed by atoms with E-state index in [0.29, 0.717) is 16.8 Å². The predicted octanol–water partition coefficient (Wildman–Crippen LogP) is 3.60.